The number of nitrogens with zero attached hydrogens (tertiary/aromatic N) is 2. The Morgan fingerprint density at radius 2 is 1.96 bits per heavy atom. The maximum atomic E-state index is 12.0. The van der Waals surface area contributed by atoms with Gasteiger partial charge in [0.05, 0.1) is 16.8 Å². The smallest absolute Gasteiger partial charge is 0.230 e. The highest BCUT2D eigenvalue weighted by Gasteiger charge is 2.07. The van der Waals surface area contributed by atoms with Crippen molar-refractivity contribution in [3.05, 3.63) is 59.4 Å². The molecule has 3 aromatic rings. The Morgan fingerprint density at radius 1 is 1.21 bits per heavy atom. The lowest BCUT2D eigenvalue weighted by molar-refractivity contribution is -0.118. The molecule has 0 saturated carbocycles. The van der Waals surface area contributed by atoms with Crippen LogP contribution in [-0.2, 0) is 11.3 Å². The Morgan fingerprint density at radius 3 is 2.75 bits per heavy atom. The van der Waals surface area contributed by atoms with Crippen molar-refractivity contribution >= 4 is 40.3 Å². The first-order valence-corrected chi connectivity index (χ1v) is 9.07. The fourth-order valence-electron chi connectivity index (χ4n) is 2.52. The van der Waals surface area contributed by atoms with Crippen molar-refractivity contribution in [3.8, 4) is 0 Å². The summed E-state index contributed by atoms with van der Waals surface area (Å²) in [5.41, 5.74) is 2.08. The van der Waals surface area contributed by atoms with Crippen molar-refractivity contribution in [1.29, 1.82) is 0 Å². The molecular weight excluding hydrogens is 342 g/mol. The van der Waals surface area contributed by atoms with Crippen molar-refractivity contribution in [2.75, 3.05) is 12.3 Å². The average molecular weight is 360 g/mol. The second-order valence-electron chi connectivity index (χ2n) is 5.39. The van der Waals surface area contributed by atoms with Crippen LogP contribution in [0.5, 0.6) is 0 Å². The second kappa shape index (κ2) is 7.73. The summed E-state index contributed by atoms with van der Waals surface area (Å²) in [4.78, 5) is 17.5. The van der Waals surface area contributed by atoms with Crippen molar-refractivity contribution in [3.63, 3.8) is 0 Å². The van der Waals surface area contributed by atoms with Gasteiger partial charge in [0.15, 0.2) is 0 Å². The first-order valence-electron chi connectivity index (χ1n) is 7.70. The van der Waals surface area contributed by atoms with E-state index >= 15 is 0 Å². The Kier molecular flexibility index (Phi) is 5.43. The molecule has 1 aromatic heterocycles. The van der Waals surface area contributed by atoms with Gasteiger partial charge in [0.2, 0.25) is 5.91 Å². The van der Waals surface area contributed by atoms with E-state index in [0.717, 1.165) is 21.8 Å². The van der Waals surface area contributed by atoms with E-state index in [1.807, 2.05) is 55.5 Å². The van der Waals surface area contributed by atoms with Crippen molar-refractivity contribution in [2.24, 2.45) is 0 Å². The highest BCUT2D eigenvalue weighted by Crippen LogP contribution is 2.20. The van der Waals surface area contributed by atoms with Gasteiger partial charge in [-0.3, -0.25) is 4.79 Å². The van der Waals surface area contributed by atoms with Crippen LogP contribution in [0.4, 0.5) is 0 Å². The van der Waals surface area contributed by atoms with Gasteiger partial charge in [-0.2, -0.15) is 0 Å². The van der Waals surface area contributed by atoms with Crippen LogP contribution < -0.4 is 5.32 Å². The van der Waals surface area contributed by atoms with Crippen molar-refractivity contribution in [1.82, 2.24) is 14.9 Å². The Hall–Kier alpha value is -1.98. The van der Waals surface area contributed by atoms with Crippen LogP contribution >= 0.6 is 23.4 Å². The zero-order valence-corrected chi connectivity index (χ0v) is 14.9. The van der Waals surface area contributed by atoms with Crippen LogP contribution in [0.3, 0.4) is 0 Å². The third kappa shape index (κ3) is 4.10. The average Bonchev–Trinajstić information content (AvgIpc) is 2.90. The highest BCUT2D eigenvalue weighted by molar-refractivity contribution is 8.00. The summed E-state index contributed by atoms with van der Waals surface area (Å²) in [5.74, 6) is 1.38. The third-order valence-electron chi connectivity index (χ3n) is 3.69. The molecule has 6 heteroatoms. The minimum Gasteiger partial charge on any atom is -0.354 e. The molecule has 0 aliphatic heterocycles. The van der Waals surface area contributed by atoms with Gasteiger partial charge in [0.1, 0.15) is 5.82 Å². The summed E-state index contributed by atoms with van der Waals surface area (Å²) in [6.45, 7) is 3.28. The van der Waals surface area contributed by atoms with E-state index in [-0.39, 0.29) is 5.91 Å². The molecule has 124 valence electrons. The number of halogens is 1. The predicted molar refractivity (Wildman–Crippen MR) is 99.7 cm³/mol. The molecule has 2 aromatic carbocycles. The molecule has 1 N–H and O–H groups in total. The van der Waals surface area contributed by atoms with Gasteiger partial charge < -0.3 is 9.88 Å². The molecule has 0 fully saturated rings. The standard InChI is InChI=1S/C18H18ClN3OS/c1-13-21-16-4-2-3-5-17(16)22(13)11-10-20-18(23)12-24-15-8-6-14(19)7-9-15/h2-9H,10-12H2,1H3,(H,20,23). The molecule has 0 atom stereocenters. The largest absolute Gasteiger partial charge is 0.354 e. The van der Waals surface area contributed by atoms with Gasteiger partial charge in [-0.25, -0.2) is 4.98 Å². The number of hydrogen-bond donors (Lipinski definition) is 1. The number of hydrogen-bond acceptors (Lipinski definition) is 3. The summed E-state index contributed by atoms with van der Waals surface area (Å²) in [7, 11) is 0. The summed E-state index contributed by atoms with van der Waals surface area (Å²) < 4.78 is 2.13. The third-order valence-corrected chi connectivity index (χ3v) is 4.95. The number of carbonyl (C=O) groups is 1. The quantitative estimate of drug-likeness (QED) is 0.679. The second-order valence-corrected chi connectivity index (χ2v) is 6.88. The SMILES string of the molecule is Cc1nc2ccccc2n1CCNC(=O)CSc1ccc(Cl)cc1. The predicted octanol–water partition coefficient (Wildman–Crippen LogP) is 3.91. The molecule has 0 bridgehead atoms. The number of thioether (sulfide) groups is 1. The number of nitrogens with one attached hydrogen (secondary N) is 1. The molecule has 0 aliphatic rings. The molecule has 3 rings (SSSR count). The fourth-order valence-corrected chi connectivity index (χ4v) is 3.37. The van der Waals surface area contributed by atoms with Crippen LogP contribution in [0.15, 0.2) is 53.4 Å². The lowest BCUT2D eigenvalue weighted by Crippen LogP contribution is -2.28. The number of benzene rings is 2. The summed E-state index contributed by atoms with van der Waals surface area (Å²) >= 11 is 7.35. The summed E-state index contributed by atoms with van der Waals surface area (Å²) in [6, 6.07) is 15.5. The van der Waals surface area contributed by atoms with E-state index < -0.39 is 0 Å². The van der Waals surface area contributed by atoms with E-state index in [4.69, 9.17) is 11.6 Å². The molecule has 4 nitrogen and oxygen atoms in total. The Labute approximate surface area is 150 Å². The normalized spacial score (nSPS) is 10.9. The van der Waals surface area contributed by atoms with Crippen molar-refractivity contribution in [2.45, 2.75) is 18.4 Å². The van der Waals surface area contributed by atoms with Crippen LogP contribution in [0.1, 0.15) is 5.82 Å². The lowest BCUT2D eigenvalue weighted by Gasteiger charge is -2.08. The number of aromatic nitrogens is 2. The van der Waals surface area contributed by atoms with E-state index in [0.29, 0.717) is 23.9 Å². The molecule has 0 unspecified atom stereocenters. The van der Waals surface area contributed by atoms with Gasteiger partial charge in [-0.15, -0.1) is 11.8 Å². The van der Waals surface area contributed by atoms with E-state index in [9.17, 15) is 4.79 Å². The summed E-state index contributed by atoms with van der Waals surface area (Å²) in [6.07, 6.45) is 0. The van der Waals surface area contributed by atoms with Gasteiger partial charge in [-0.1, -0.05) is 23.7 Å². The molecule has 0 aliphatic carbocycles. The topological polar surface area (TPSA) is 46.9 Å². The molecule has 24 heavy (non-hydrogen) atoms. The molecule has 0 radical (unpaired) electrons. The Balaban J connectivity index is 1.49. The maximum Gasteiger partial charge on any atom is 0.230 e. The highest BCUT2D eigenvalue weighted by atomic mass is 35.5. The van der Waals surface area contributed by atoms with Crippen LogP contribution in [0.25, 0.3) is 11.0 Å². The molecular formula is C18H18ClN3OS. The molecule has 0 saturated heterocycles. The minimum absolute atomic E-state index is 0.0250. The number of amides is 1. The number of para-hydroxylation sites is 2. The van der Waals surface area contributed by atoms with E-state index in [2.05, 4.69) is 14.9 Å². The zero-order chi connectivity index (χ0) is 16.9. The van der Waals surface area contributed by atoms with Crippen LogP contribution in [0.2, 0.25) is 5.02 Å². The number of rotatable bonds is 6. The number of imidazole rings is 1. The zero-order valence-electron chi connectivity index (χ0n) is 13.3. The maximum absolute atomic E-state index is 12.0. The summed E-state index contributed by atoms with van der Waals surface area (Å²) in [5, 5.41) is 3.66. The monoisotopic (exact) mass is 359 g/mol. The first-order chi connectivity index (χ1) is 11.6. The fraction of sp³-hybridized carbons (Fsp3) is 0.222. The van der Waals surface area contributed by atoms with Gasteiger partial charge >= 0.3 is 0 Å². The van der Waals surface area contributed by atoms with Gasteiger partial charge in [0.25, 0.3) is 0 Å². The van der Waals surface area contributed by atoms with Crippen molar-refractivity contribution < 1.29 is 4.79 Å². The van der Waals surface area contributed by atoms with Gasteiger partial charge in [0, 0.05) is 23.0 Å². The molecule has 1 heterocycles. The first kappa shape index (κ1) is 16.9. The lowest BCUT2D eigenvalue weighted by atomic mass is 10.3. The minimum atomic E-state index is 0.0250. The Bertz CT molecular complexity index is 845. The van der Waals surface area contributed by atoms with E-state index in [1.165, 1.54) is 11.8 Å². The van der Waals surface area contributed by atoms with Crippen LogP contribution in [-0.4, -0.2) is 27.8 Å². The van der Waals surface area contributed by atoms with Crippen LogP contribution in [0, 0.1) is 6.92 Å². The number of carbonyl (C=O) groups excluding carboxylic acids is 1. The van der Waals surface area contributed by atoms with Gasteiger partial charge in [-0.05, 0) is 43.3 Å². The molecule has 0 spiro atoms. The number of fused-ring (bicyclic) bond motifs is 1. The van der Waals surface area contributed by atoms with E-state index in [1.54, 1.807) is 0 Å². The number of aryl methyl sites for hydroxylation is 1. The molecule has 1 amide bonds.